The zero-order chi connectivity index (χ0) is 14.7. The van der Waals surface area contributed by atoms with E-state index in [1.165, 1.54) is 11.0 Å². The molecule has 1 atom stereocenters. The fraction of sp³-hybridized carbons (Fsp3) is 0.357. The van der Waals surface area contributed by atoms with Crippen molar-refractivity contribution in [1.82, 2.24) is 4.90 Å². The third-order valence-corrected chi connectivity index (χ3v) is 3.26. The van der Waals surface area contributed by atoms with Gasteiger partial charge in [0.05, 0.1) is 16.5 Å². The number of hydrogen-bond donors (Lipinski definition) is 0. The van der Waals surface area contributed by atoms with Gasteiger partial charge in [0.2, 0.25) is 0 Å². The molecular formula is C14H16N2O4. The lowest BCUT2D eigenvalue weighted by molar-refractivity contribution is -0.385. The van der Waals surface area contributed by atoms with E-state index in [0.29, 0.717) is 12.2 Å². The normalized spacial score (nSPS) is 18.9. The van der Waals surface area contributed by atoms with Crippen molar-refractivity contribution in [2.45, 2.75) is 19.9 Å². The van der Waals surface area contributed by atoms with E-state index >= 15 is 0 Å². The zero-order valence-electron chi connectivity index (χ0n) is 11.4. The summed E-state index contributed by atoms with van der Waals surface area (Å²) < 4.78 is 5.01. The number of cyclic esters (lactones) is 1. The van der Waals surface area contributed by atoms with E-state index < -0.39 is 11.0 Å². The number of rotatable bonds is 4. The molecule has 1 fully saturated rings. The maximum absolute atomic E-state index is 11.6. The van der Waals surface area contributed by atoms with Crippen LogP contribution in [-0.2, 0) is 4.74 Å². The lowest BCUT2D eigenvalue weighted by Gasteiger charge is -2.20. The van der Waals surface area contributed by atoms with E-state index in [1.54, 1.807) is 30.5 Å². The van der Waals surface area contributed by atoms with Crippen LogP contribution in [0.25, 0.3) is 6.08 Å². The van der Waals surface area contributed by atoms with Gasteiger partial charge in [-0.25, -0.2) is 4.79 Å². The van der Waals surface area contributed by atoms with Crippen LogP contribution in [0.15, 0.2) is 30.5 Å². The van der Waals surface area contributed by atoms with Gasteiger partial charge < -0.3 is 4.74 Å². The molecule has 1 saturated heterocycles. The molecule has 0 saturated carbocycles. The second-order valence-electron chi connectivity index (χ2n) is 4.93. The van der Waals surface area contributed by atoms with E-state index in [2.05, 4.69) is 0 Å². The molecule has 106 valence electrons. The van der Waals surface area contributed by atoms with E-state index in [-0.39, 0.29) is 17.6 Å². The minimum Gasteiger partial charge on any atom is -0.447 e. The van der Waals surface area contributed by atoms with Crippen LogP contribution in [0.5, 0.6) is 0 Å². The molecule has 0 aliphatic carbocycles. The molecule has 0 unspecified atom stereocenters. The summed E-state index contributed by atoms with van der Waals surface area (Å²) in [7, 11) is 0. The average molecular weight is 276 g/mol. The first-order valence-corrected chi connectivity index (χ1v) is 6.37. The number of benzene rings is 1. The highest BCUT2D eigenvalue weighted by Gasteiger charge is 2.33. The predicted molar refractivity (Wildman–Crippen MR) is 73.9 cm³/mol. The number of hydrogen-bond acceptors (Lipinski definition) is 4. The molecule has 6 heteroatoms. The third-order valence-electron chi connectivity index (χ3n) is 3.26. The number of nitrogens with zero attached hydrogens (tertiary/aromatic N) is 2. The molecule has 0 bridgehead atoms. The van der Waals surface area contributed by atoms with Crippen molar-refractivity contribution in [3.63, 3.8) is 0 Å². The zero-order valence-corrected chi connectivity index (χ0v) is 11.4. The largest absolute Gasteiger partial charge is 0.447 e. The molecular weight excluding hydrogens is 260 g/mol. The SMILES string of the molecule is CC(C)[C@H]1COC(=O)N1/C=C/c1ccccc1[N+](=O)[O-]. The summed E-state index contributed by atoms with van der Waals surface area (Å²) >= 11 is 0. The second kappa shape index (κ2) is 5.73. The van der Waals surface area contributed by atoms with Crippen molar-refractivity contribution >= 4 is 17.9 Å². The minimum absolute atomic E-state index is 0.0115. The second-order valence-corrected chi connectivity index (χ2v) is 4.93. The molecule has 1 aliphatic rings. The molecule has 1 aromatic rings. The Morgan fingerprint density at radius 1 is 1.45 bits per heavy atom. The summed E-state index contributed by atoms with van der Waals surface area (Å²) in [6.45, 7) is 4.34. The van der Waals surface area contributed by atoms with Gasteiger partial charge in [-0.3, -0.25) is 15.0 Å². The summed E-state index contributed by atoms with van der Waals surface area (Å²) in [5.41, 5.74) is 0.470. The predicted octanol–water partition coefficient (Wildman–Crippen LogP) is 3.04. The molecule has 0 spiro atoms. The summed E-state index contributed by atoms with van der Waals surface area (Å²) in [6.07, 6.45) is 2.71. The Balaban J connectivity index is 2.25. The summed E-state index contributed by atoms with van der Waals surface area (Å²) in [4.78, 5) is 23.6. The van der Waals surface area contributed by atoms with E-state index in [9.17, 15) is 14.9 Å². The molecule has 1 heterocycles. The number of carbonyl (C=O) groups excluding carboxylic acids is 1. The minimum atomic E-state index is -0.443. The monoisotopic (exact) mass is 276 g/mol. The van der Waals surface area contributed by atoms with Gasteiger partial charge >= 0.3 is 6.09 Å². The van der Waals surface area contributed by atoms with Crippen LogP contribution in [0.4, 0.5) is 10.5 Å². The third kappa shape index (κ3) is 2.79. The molecule has 1 aliphatic heterocycles. The fourth-order valence-corrected chi connectivity index (χ4v) is 2.09. The van der Waals surface area contributed by atoms with Gasteiger partial charge in [0.15, 0.2) is 0 Å². The number of amides is 1. The molecule has 6 nitrogen and oxygen atoms in total. The van der Waals surface area contributed by atoms with Crippen LogP contribution in [0, 0.1) is 16.0 Å². The number of carbonyl (C=O) groups is 1. The highest BCUT2D eigenvalue weighted by atomic mass is 16.6. The maximum atomic E-state index is 11.6. The molecule has 0 aromatic heterocycles. The van der Waals surface area contributed by atoms with Crippen LogP contribution in [0.3, 0.4) is 0 Å². The van der Waals surface area contributed by atoms with Crippen molar-refractivity contribution in [2.24, 2.45) is 5.92 Å². The molecule has 1 aromatic carbocycles. The summed E-state index contributed by atoms with van der Waals surface area (Å²) in [6, 6.07) is 6.36. The Morgan fingerprint density at radius 2 is 2.15 bits per heavy atom. The molecule has 2 rings (SSSR count). The van der Waals surface area contributed by atoms with Gasteiger partial charge in [0.25, 0.3) is 5.69 Å². The Bertz CT molecular complexity index is 554. The summed E-state index contributed by atoms with van der Waals surface area (Å²) in [5.74, 6) is 0.247. The van der Waals surface area contributed by atoms with Crippen LogP contribution in [0.1, 0.15) is 19.4 Å². The average Bonchev–Trinajstić information content (AvgIpc) is 2.78. The smallest absolute Gasteiger partial charge is 0.414 e. The van der Waals surface area contributed by atoms with Crippen LogP contribution >= 0.6 is 0 Å². The Morgan fingerprint density at radius 3 is 2.80 bits per heavy atom. The van der Waals surface area contributed by atoms with E-state index in [1.807, 2.05) is 13.8 Å². The number of nitro benzene ring substituents is 1. The van der Waals surface area contributed by atoms with E-state index in [0.717, 1.165) is 0 Å². The standard InChI is InChI=1S/C14H16N2O4/c1-10(2)13-9-20-14(17)15(13)8-7-11-5-3-4-6-12(11)16(18)19/h3-8,10,13H,9H2,1-2H3/b8-7+/t13-/m1/s1. The van der Waals surface area contributed by atoms with Crippen LogP contribution in [-0.4, -0.2) is 28.6 Å². The van der Waals surface area contributed by atoms with Gasteiger partial charge in [-0.2, -0.15) is 0 Å². The quantitative estimate of drug-likeness (QED) is 0.626. The first kappa shape index (κ1) is 14.0. The van der Waals surface area contributed by atoms with Crippen LogP contribution in [0.2, 0.25) is 0 Å². The lowest BCUT2D eigenvalue weighted by atomic mass is 10.1. The van der Waals surface area contributed by atoms with Gasteiger partial charge in [-0.1, -0.05) is 26.0 Å². The number of para-hydroxylation sites is 1. The Kier molecular flexibility index (Phi) is 4.02. The highest BCUT2D eigenvalue weighted by Crippen LogP contribution is 2.23. The topological polar surface area (TPSA) is 72.7 Å². The first-order valence-electron chi connectivity index (χ1n) is 6.37. The summed E-state index contributed by atoms with van der Waals surface area (Å²) in [5, 5.41) is 10.9. The van der Waals surface area contributed by atoms with Crippen molar-refractivity contribution in [2.75, 3.05) is 6.61 Å². The fourth-order valence-electron chi connectivity index (χ4n) is 2.09. The molecule has 1 amide bonds. The van der Waals surface area contributed by atoms with Gasteiger partial charge in [-0.15, -0.1) is 0 Å². The number of nitro groups is 1. The van der Waals surface area contributed by atoms with Crippen molar-refractivity contribution in [1.29, 1.82) is 0 Å². The lowest BCUT2D eigenvalue weighted by Crippen LogP contribution is -2.32. The van der Waals surface area contributed by atoms with Gasteiger partial charge in [-0.05, 0) is 18.1 Å². The van der Waals surface area contributed by atoms with Crippen molar-refractivity contribution in [3.05, 3.63) is 46.1 Å². The first-order chi connectivity index (χ1) is 9.50. The highest BCUT2D eigenvalue weighted by molar-refractivity contribution is 5.73. The van der Waals surface area contributed by atoms with E-state index in [4.69, 9.17) is 4.74 Å². The van der Waals surface area contributed by atoms with Gasteiger partial charge in [0, 0.05) is 12.3 Å². The Labute approximate surface area is 116 Å². The molecule has 0 N–H and O–H groups in total. The number of ether oxygens (including phenoxy) is 1. The van der Waals surface area contributed by atoms with Crippen molar-refractivity contribution < 1.29 is 14.5 Å². The maximum Gasteiger partial charge on any atom is 0.414 e. The van der Waals surface area contributed by atoms with Gasteiger partial charge in [0.1, 0.15) is 6.61 Å². The molecule has 0 radical (unpaired) electrons. The Hall–Kier alpha value is -2.37. The van der Waals surface area contributed by atoms with Crippen LogP contribution < -0.4 is 0 Å². The molecule has 20 heavy (non-hydrogen) atoms. The van der Waals surface area contributed by atoms with Crippen molar-refractivity contribution in [3.8, 4) is 0 Å².